The van der Waals surface area contributed by atoms with Crippen LogP contribution in [0.4, 0.5) is 0 Å². The van der Waals surface area contributed by atoms with E-state index < -0.39 is 0 Å². The van der Waals surface area contributed by atoms with Gasteiger partial charge in [-0.2, -0.15) is 4.98 Å². The van der Waals surface area contributed by atoms with Crippen LogP contribution in [-0.2, 0) is 16.6 Å². The molecular formula is C15H18N2O3. The molecule has 0 spiro atoms. The molecule has 20 heavy (non-hydrogen) atoms. The first-order valence-corrected chi connectivity index (χ1v) is 6.86. The van der Waals surface area contributed by atoms with Crippen molar-refractivity contribution in [2.45, 2.75) is 31.6 Å². The summed E-state index contributed by atoms with van der Waals surface area (Å²) in [7, 11) is 1.70. The highest BCUT2D eigenvalue weighted by Gasteiger charge is 2.48. The summed E-state index contributed by atoms with van der Waals surface area (Å²) in [6.07, 6.45) is 6.62. The van der Waals surface area contributed by atoms with Gasteiger partial charge in [0.15, 0.2) is 5.82 Å². The molecule has 2 aromatic heterocycles. The van der Waals surface area contributed by atoms with Crippen LogP contribution in [0.1, 0.15) is 43.0 Å². The Hall–Kier alpha value is -1.88. The number of rotatable bonds is 6. The molecule has 5 nitrogen and oxygen atoms in total. The van der Waals surface area contributed by atoms with E-state index in [9.17, 15) is 0 Å². The van der Waals surface area contributed by atoms with Gasteiger partial charge in [0.25, 0.3) is 5.89 Å². The Morgan fingerprint density at radius 2 is 2.20 bits per heavy atom. The molecule has 1 aliphatic rings. The minimum atomic E-state index is -0.0234. The van der Waals surface area contributed by atoms with Crippen LogP contribution in [0.3, 0.4) is 0 Å². The first kappa shape index (κ1) is 13.1. The number of methoxy groups -OCH3 is 1. The van der Waals surface area contributed by atoms with Crippen LogP contribution in [0.25, 0.3) is 12.2 Å². The van der Waals surface area contributed by atoms with Crippen molar-refractivity contribution in [3.05, 3.63) is 35.4 Å². The predicted octanol–water partition coefficient (Wildman–Crippen LogP) is 3.07. The van der Waals surface area contributed by atoms with Gasteiger partial charge in [-0.25, -0.2) is 0 Å². The number of aromatic nitrogens is 2. The number of aryl methyl sites for hydroxylation is 1. The van der Waals surface area contributed by atoms with Gasteiger partial charge in [0.2, 0.25) is 0 Å². The van der Waals surface area contributed by atoms with Gasteiger partial charge in [-0.1, -0.05) is 12.1 Å². The fourth-order valence-electron chi connectivity index (χ4n) is 2.21. The standard InChI is InChI=1S/C15H18N2O3/c1-3-11-4-5-12(19-11)6-7-13-16-14(17-20-13)15(8-9-15)10-18-2/h4-7H,3,8-10H2,1-2H3/b7-6+. The van der Waals surface area contributed by atoms with Crippen LogP contribution in [0.15, 0.2) is 21.1 Å². The smallest absolute Gasteiger partial charge is 0.250 e. The van der Waals surface area contributed by atoms with Gasteiger partial charge in [0.05, 0.1) is 12.0 Å². The Morgan fingerprint density at radius 3 is 2.85 bits per heavy atom. The average Bonchev–Trinajstić information content (AvgIpc) is 2.93. The van der Waals surface area contributed by atoms with Crippen LogP contribution < -0.4 is 0 Å². The van der Waals surface area contributed by atoms with Crippen molar-refractivity contribution in [2.24, 2.45) is 0 Å². The number of nitrogens with zero attached hydrogens (tertiary/aromatic N) is 2. The maximum atomic E-state index is 5.58. The molecule has 0 unspecified atom stereocenters. The van der Waals surface area contributed by atoms with E-state index in [2.05, 4.69) is 17.1 Å². The number of furan rings is 1. The summed E-state index contributed by atoms with van der Waals surface area (Å²) in [5, 5.41) is 4.05. The molecule has 0 atom stereocenters. The summed E-state index contributed by atoms with van der Waals surface area (Å²) in [5.74, 6) is 3.00. The molecule has 0 aromatic carbocycles. The fraction of sp³-hybridized carbons (Fsp3) is 0.467. The van der Waals surface area contributed by atoms with E-state index in [4.69, 9.17) is 13.7 Å². The number of hydrogen-bond acceptors (Lipinski definition) is 5. The monoisotopic (exact) mass is 274 g/mol. The Bertz CT molecular complexity index is 608. The minimum absolute atomic E-state index is 0.0234. The first-order chi connectivity index (χ1) is 9.75. The van der Waals surface area contributed by atoms with Crippen LogP contribution in [0.2, 0.25) is 0 Å². The zero-order valence-corrected chi connectivity index (χ0v) is 11.8. The summed E-state index contributed by atoms with van der Waals surface area (Å²) in [5.41, 5.74) is -0.0234. The van der Waals surface area contributed by atoms with Crippen molar-refractivity contribution in [2.75, 3.05) is 13.7 Å². The third-order valence-electron chi connectivity index (χ3n) is 3.61. The van der Waals surface area contributed by atoms with Gasteiger partial charge in [0.1, 0.15) is 11.5 Å². The molecule has 5 heteroatoms. The van der Waals surface area contributed by atoms with Gasteiger partial charge in [-0.3, -0.25) is 0 Å². The van der Waals surface area contributed by atoms with E-state index >= 15 is 0 Å². The Kier molecular flexibility index (Phi) is 3.44. The molecule has 2 heterocycles. The molecule has 0 aliphatic heterocycles. The van der Waals surface area contributed by atoms with Crippen molar-refractivity contribution in [3.63, 3.8) is 0 Å². The first-order valence-electron chi connectivity index (χ1n) is 6.86. The molecular weight excluding hydrogens is 256 g/mol. The molecule has 2 aromatic rings. The lowest BCUT2D eigenvalue weighted by atomic mass is 10.1. The largest absolute Gasteiger partial charge is 0.462 e. The molecule has 106 valence electrons. The van der Waals surface area contributed by atoms with Gasteiger partial charge >= 0.3 is 0 Å². The topological polar surface area (TPSA) is 61.3 Å². The molecule has 0 radical (unpaired) electrons. The lowest BCUT2D eigenvalue weighted by Crippen LogP contribution is -2.15. The second-order valence-corrected chi connectivity index (χ2v) is 5.16. The third-order valence-corrected chi connectivity index (χ3v) is 3.61. The van der Waals surface area contributed by atoms with Crippen LogP contribution in [0.5, 0.6) is 0 Å². The van der Waals surface area contributed by atoms with Crippen molar-refractivity contribution in [1.29, 1.82) is 0 Å². The Balaban J connectivity index is 1.71. The van der Waals surface area contributed by atoms with E-state index in [-0.39, 0.29) is 5.41 Å². The lowest BCUT2D eigenvalue weighted by molar-refractivity contribution is 0.167. The molecule has 1 fully saturated rings. The Morgan fingerprint density at radius 1 is 1.35 bits per heavy atom. The summed E-state index contributed by atoms with van der Waals surface area (Å²) < 4.78 is 16.1. The zero-order valence-electron chi connectivity index (χ0n) is 11.8. The number of hydrogen-bond donors (Lipinski definition) is 0. The Labute approximate surface area is 117 Å². The maximum Gasteiger partial charge on any atom is 0.250 e. The van der Waals surface area contributed by atoms with Crippen LogP contribution in [-0.4, -0.2) is 23.9 Å². The van der Waals surface area contributed by atoms with E-state index in [1.54, 1.807) is 13.2 Å². The van der Waals surface area contributed by atoms with E-state index in [1.807, 2.05) is 18.2 Å². The molecule has 1 saturated carbocycles. The lowest BCUT2D eigenvalue weighted by Gasteiger charge is -2.06. The highest BCUT2D eigenvalue weighted by atomic mass is 16.5. The fourth-order valence-corrected chi connectivity index (χ4v) is 2.21. The van der Waals surface area contributed by atoms with Crippen molar-refractivity contribution < 1.29 is 13.7 Å². The normalized spacial score (nSPS) is 16.9. The van der Waals surface area contributed by atoms with Crippen molar-refractivity contribution in [3.8, 4) is 0 Å². The highest BCUT2D eigenvalue weighted by molar-refractivity contribution is 5.63. The van der Waals surface area contributed by atoms with Gasteiger partial charge in [-0.15, -0.1) is 0 Å². The molecule has 0 saturated heterocycles. The second kappa shape index (κ2) is 5.25. The van der Waals surface area contributed by atoms with Crippen molar-refractivity contribution >= 4 is 12.2 Å². The summed E-state index contributed by atoms with van der Waals surface area (Å²) in [4.78, 5) is 4.42. The minimum Gasteiger partial charge on any atom is -0.462 e. The predicted molar refractivity (Wildman–Crippen MR) is 74.1 cm³/mol. The summed E-state index contributed by atoms with van der Waals surface area (Å²) in [6, 6.07) is 3.90. The third kappa shape index (κ3) is 2.54. The van der Waals surface area contributed by atoms with E-state index in [0.29, 0.717) is 12.5 Å². The van der Waals surface area contributed by atoms with E-state index in [1.165, 1.54) is 0 Å². The molecule has 3 rings (SSSR count). The summed E-state index contributed by atoms with van der Waals surface area (Å²) in [6.45, 7) is 2.70. The van der Waals surface area contributed by atoms with Gasteiger partial charge < -0.3 is 13.7 Å². The summed E-state index contributed by atoms with van der Waals surface area (Å²) >= 11 is 0. The molecule has 1 aliphatic carbocycles. The second-order valence-electron chi connectivity index (χ2n) is 5.16. The van der Waals surface area contributed by atoms with Crippen LogP contribution in [0, 0.1) is 0 Å². The van der Waals surface area contributed by atoms with E-state index in [0.717, 1.165) is 36.6 Å². The van der Waals surface area contributed by atoms with Crippen molar-refractivity contribution in [1.82, 2.24) is 10.1 Å². The zero-order chi connectivity index (χ0) is 14.0. The molecule has 0 N–H and O–H groups in total. The van der Waals surface area contributed by atoms with Gasteiger partial charge in [0, 0.05) is 19.6 Å². The number of ether oxygens (including phenoxy) is 1. The van der Waals surface area contributed by atoms with Crippen LogP contribution >= 0.6 is 0 Å². The molecule has 0 bridgehead atoms. The molecule has 0 amide bonds. The highest BCUT2D eigenvalue weighted by Crippen LogP contribution is 2.46. The maximum absolute atomic E-state index is 5.58. The van der Waals surface area contributed by atoms with Gasteiger partial charge in [-0.05, 0) is 31.1 Å². The SMILES string of the molecule is CCc1ccc(/C=C/c2nc(C3(COC)CC3)no2)o1. The quantitative estimate of drug-likeness (QED) is 0.810. The average molecular weight is 274 g/mol.